The molecule has 26 heavy (non-hydrogen) atoms. The Kier molecular flexibility index (Phi) is 3.93. The van der Waals surface area contributed by atoms with Gasteiger partial charge in [-0.1, -0.05) is 12.1 Å². The van der Waals surface area contributed by atoms with Crippen LogP contribution in [0, 0.1) is 5.82 Å². The van der Waals surface area contributed by atoms with E-state index in [0.29, 0.717) is 5.56 Å². The molecular weight excluding hydrogens is 331 g/mol. The van der Waals surface area contributed by atoms with Crippen molar-refractivity contribution < 1.29 is 9.18 Å². The average molecular weight is 346 g/mol. The van der Waals surface area contributed by atoms with Crippen LogP contribution in [-0.4, -0.2) is 20.3 Å². The van der Waals surface area contributed by atoms with E-state index in [1.165, 1.54) is 6.07 Å². The molecule has 0 saturated heterocycles. The topological polar surface area (TPSA) is 73.3 Å². The van der Waals surface area contributed by atoms with E-state index < -0.39 is 11.7 Å². The predicted octanol–water partition coefficient (Wildman–Crippen LogP) is 3.23. The monoisotopic (exact) mass is 346 g/mol. The maximum absolute atomic E-state index is 14.2. The SMILES string of the molecule is NC(=O)Cc1ccc(-c2cnc3cc(-c4ccncc4)ccn23)cc1F. The number of halogens is 1. The quantitative estimate of drug-likeness (QED) is 0.616. The highest BCUT2D eigenvalue weighted by Crippen LogP contribution is 2.26. The number of pyridine rings is 2. The number of hydrogen-bond acceptors (Lipinski definition) is 3. The number of carbonyl (C=O) groups excluding carboxylic acids is 1. The molecule has 4 aromatic rings. The molecule has 0 aliphatic rings. The van der Waals surface area contributed by atoms with Gasteiger partial charge in [0.15, 0.2) is 0 Å². The number of imidazole rings is 1. The van der Waals surface area contributed by atoms with E-state index >= 15 is 0 Å². The molecule has 3 aromatic heterocycles. The summed E-state index contributed by atoms with van der Waals surface area (Å²) in [5.74, 6) is -1.01. The lowest BCUT2D eigenvalue weighted by molar-refractivity contribution is -0.117. The number of aromatic nitrogens is 3. The number of primary amides is 1. The van der Waals surface area contributed by atoms with E-state index in [4.69, 9.17) is 5.73 Å². The van der Waals surface area contributed by atoms with Gasteiger partial charge in [-0.3, -0.25) is 14.2 Å². The van der Waals surface area contributed by atoms with Gasteiger partial charge in [-0.25, -0.2) is 9.37 Å². The molecule has 6 heteroatoms. The van der Waals surface area contributed by atoms with Crippen LogP contribution >= 0.6 is 0 Å². The maximum Gasteiger partial charge on any atom is 0.221 e. The van der Waals surface area contributed by atoms with Gasteiger partial charge in [-0.2, -0.15) is 0 Å². The predicted molar refractivity (Wildman–Crippen MR) is 96.7 cm³/mol. The molecule has 0 atom stereocenters. The van der Waals surface area contributed by atoms with Gasteiger partial charge in [0.05, 0.1) is 18.3 Å². The average Bonchev–Trinajstić information content (AvgIpc) is 3.07. The van der Waals surface area contributed by atoms with Gasteiger partial charge >= 0.3 is 0 Å². The first-order valence-corrected chi connectivity index (χ1v) is 8.06. The van der Waals surface area contributed by atoms with Gasteiger partial charge in [0.1, 0.15) is 11.5 Å². The molecule has 0 unspecified atom stereocenters. The molecule has 1 aromatic carbocycles. The van der Waals surface area contributed by atoms with Crippen LogP contribution in [-0.2, 0) is 11.2 Å². The number of hydrogen-bond donors (Lipinski definition) is 1. The first kappa shape index (κ1) is 16.0. The molecular formula is C20H15FN4O. The van der Waals surface area contributed by atoms with Crippen molar-refractivity contribution >= 4 is 11.6 Å². The fourth-order valence-corrected chi connectivity index (χ4v) is 2.96. The third-order valence-electron chi connectivity index (χ3n) is 4.24. The lowest BCUT2D eigenvalue weighted by Gasteiger charge is -2.07. The minimum absolute atomic E-state index is 0.117. The van der Waals surface area contributed by atoms with Gasteiger partial charge in [0, 0.05) is 24.2 Å². The summed E-state index contributed by atoms with van der Waals surface area (Å²) in [6.07, 6.45) is 6.98. The van der Waals surface area contributed by atoms with Gasteiger partial charge < -0.3 is 5.73 Å². The molecule has 0 aliphatic heterocycles. The Labute approximate surface area is 148 Å². The highest BCUT2D eigenvalue weighted by molar-refractivity contribution is 5.77. The van der Waals surface area contributed by atoms with Gasteiger partial charge in [0.25, 0.3) is 0 Å². The van der Waals surface area contributed by atoms with E-state index in [1.807, 2.05) is 34.9 Å². The standard InChI is InChI=1S/C20H15FN4O/c21-17-9-16(2-1-15(17)10-19(22)26)18-12-24-20-11-14(5-8-25(18)20)13-3-6-23-7-4-13/h1-9,11-12H,10H2,(H2,22,26). The van der Waals surface area contributed by atoms with Crippen LogP contribution in [0.25, 0.3) is 28.0 Å². The second kappa shape index (κ2) is 6.40. The Balaban J connectivity index is 1.74. The van der Waals surface area contributed by atoms with E-state index in [9.17, 15) is 9.18 Å². The molecule has 0 spiro atoms. The first-order valence-electron chi connectivity index (χ1n) is 8.06. The minimum Gasteiger partial charge on any atom is -0.369 e. The first-order chi connectivity index (χ1) is 12.6. The summed E-state index contributed by atoms with van der Waals surface area (Å²) in [5.41, 5.74) is 9.71. The zero-order chi connectivity index (χ0) is 18.1. The fourth-order valence-electron chi connectivity index (χ4n) is 2.96. The molecule has 2 N–H and O–H groups in total. The summed E-state index contributed by atoms with van der Waals surface area (Å²) in [6, 6.07) is 12.6. The van der Waals surface area contributed by atoms with Gasteiger partial charge in [0.2, 0.25) is 5.91 Å². The van der Waals surface area contributed by atoms with Crippen molar-refractivity contribution in [1.29, 1.82) is 0 Å². The highest BCUT2D eigenvalue weighted by Gasteiger charge is 2.11. The molecule has 5 nitrogen and oxygen atoms in total. The largest absolute Gasteiger partial charge is 0.369 e. The Bertz CT molecular complexity index is 1110. The van der Waals surface area contributed by atoms with Crippen LogP contribution < -0.4 is 5.73 Å². The van der Waals surface area contributed by atoms with Crippen molar-refractivity contribution in [2.75, 3.05) is 0 Å². The molecule has 0 radical (unpaired) electrons. The number of carbonyl (C=O) groups is 1. The van der Waals surface area contributed by atoms with Crippen LogP contribution in [0.15, 0.2) is 67.3 Å². The molecule has 4 rings (SSSR count). The number of benzene rings is 1. The van der Waals surface area contributed by atoms with Crippen LogP contribution in [0.5, 0.6) is 0 Å². The van der Waals surface area contributed by atoms with E-state index in [-0.39, 0.29) is 12.0 Å². The number of rotatable bonds is 4. The zero-order valence-corrected chi connectivity index (χ0v) is 13.8. The Morgan fingerprint density at radius 2 is 1.85 bits per heavy atom. The number of nitrogens with two attached hydrogens (primary N) is 1. The Morgan fingerprint density at radius 1 is 1.04 bits per heavy atom. The lowest BCUT2D eigenvalue weighted by atomic mass is 10.1. The fraction of sp³-hybridized carbons (Fsp3) is 0.0500. The van der Waals surface area contributed by atoms with E-state index in [2.05, 4.69) is 9.97 Å². The number of nitrogens with zero attached hydrogens (tertiary/aromatic N) is 3. The molecule has 0 saturated carbocycles. The molecule has 1 amide bonds. The van der Waals surface area contributed by atoms with E-state index in [1.54, 1.807) is 30.7 Å². The molecule has 128 valence electrons. The third-order valence-corrected chi connectivity index (χ3v) is 4.24. The zero-order valence-electron chi connectivity index (χ0n) is 13.8. The lowest BCUT2D eigenvalue weighted by Crippen LogP contribution is -2.14. The van der Waals surface area contributed by atoms with Crippen molar-refractivity contribution in [2.24, 2.45) is 5.73 Å². The minimum atomic E-state index is -0.560. The van der Waals surface area contributed by atoms with Crippen LogP contribution in [0.2, 0.25) is 0 Å². The van der Waals surface area contributed by atoms with Crippen LogP contribution in [0.4, 0.5) is 4.39 Å². The summed E-state index contributed by atoms with van der Waals surface area (Å²) >= 11 is 0. The highest BCUT2D eigenvalue weighted by atomic mass is 19.1. The summed E-state index contributed by atoms with van der Waals surface area (Å²) in [7, 11) is 0. The second-order valence-electron chi connectivity index (χ2n) is 5.97. The van der Waals surface area contributed by atoms with Crippen molar-refractivity contribution in [3.05, 3.63) is 78.6 Å². The van der Waals surface area contributed by atoms with Crippen molar-refractivity contribution in [2.45, 2.75) is 6.42 Å². The Morgan fingerprint density at radius 3 is 2.58 bits per heavy atom. The second-order valence-corrected chi connectivity index (χ2v) is 5.97. The van der Waals surface area contributed by atoms with Crippen molar-refractivity contribution in [3.8, 4) is 22.4 Å². The maximum atomic E-state index is 14.2. The van der Waals surface area contributed by atoms with Crippen molar-refractivity contribution in [1.82, 2.24) is 14.4 Å². The van der Waals surface area contributed by atoms with Crippen molar-refractivity contribution in [3.63, 3.8) is 0 Å². The van der Waals surface area contributed by atoms with Crippen LogP contribution in [0.3, 0.4) is 0 Å². The van der Waals surface area contributed by atoms with Gasteiger partial charge in [-0.15, -0.1) is 0 Å². The van der Waals surface area contributed by atoms with Crippen LogP contribution in [0.1, 0.15) is 5.56 Å². The molecule has 0 aliphatic carbocycles. The molecule has 0 fully saturated rings. The number of amides is 1. The molecule has 0 bridgehead atoms. The normalized spacial score (nSPS) is 11.0. The number of fused-ring (bicyclic) bond motifs is 1. The van der Waals surface area contributed by atoms with Gasteiger partial charge in [-0.05, 0) is 47.0 Å². The summed E-state index contributed by atoms with van der Waals surface area (Å²) in [4.78, 5) is 19.5. The summed E-state index contributed by atoms with van der Waals surface area (Å²) in [5, 5.41) is 0. The van der Waals surface area contributed by atoms with E-state index in [0.717, 1.165) is 22.5 Å². The smallest absolute Gasteiger partial charge is 0.221 e. The summed E-state index contributed by atoms with van der Waals surface area (Å²) < 4.78 is 16.1. The summed E-state index contributed by atoms with van der Waals surface area (Å²) in [6.45, 7) is 0. The molecule has 3 heterocycles. The third kappa shape index (κ3) is 2.93. The Hall–Kier alpha value is -3.54.